The molecule has 0 amide bonds. The summed E-state index contributed by atoms with van der Waals surface area (Å²) in [6.45, 7) is 4.88. The number of benzene rings is 1. The molecular weight excluding hydrogens is 284 g/mol. The van der Waals surface area contributed by atoms with E-state index in [0.717, 1.165) is 17.0 Å². The lowest BCUT2D eigenvalue weighted by Gasteiger charge is -2.09. The quantitative estimate of drug-likeness (QED) is 0.833. The van der Waals surface area contributed by atoms with Gasteiger partial charge in [-0.25, -0.2) is 0 Å². The minimum atomic E-state index is -0.278. The van der Waals surface area contributed by atoms with E-state index in [4.69, 9.17) is 22.7 Å². The molecule has 1 aromatic carbocycles. The summed E-state index contributed by atoms with van der Waals surface area (Å²) in [6.07, 6.45) is 0. The van der Waals surface area contributed by atoms with Crippen LogP contribution < -0.4 is 16.0 Å². The molecule has 1 aromatic heterocycles. The number of hydrogen-bond donors (Lipinski definition) is 2. The molecule has 1 heterocycles. The van der Waals surface area contributed by atoms with E-state index in [0.29, 0.717) is 18.1 Å². The van der Waals surface area contributed by atoms with Crippen molar-refractivity contribution in [2.24, 2.45) is 11.7 Å². The van der Waals surface area contributed by atoms with Gasteiger partial charge in [-0.05, 0) is 47.9 Å². The number of aromatic amines is 1. The first-order valence-corrected chi connectivity index (χ1v) is 7.14. The van der Waals surface area contributed by atoms with Gasteiger partial charge in [0.05, 0.1) is 12.2 Å². The van der Waals surface area contributed by atoms with Crippen molar-refractivity contribution < 1.29 is 4.74 Å². The fourth-order valence-corrected chi connectivity index (χ4v) is 1.99. The monoisotopic (exact) mass is 302 g/mol. The van der Waals surface area contributed by atoms with Crippen LogP contribution in [0.25, 0.3) is 11.3 Å². The fraction of sp³-hybridized carbons (Fsp3) is 0.250. The summed E-state index contributed by atoms with van der Waals surface area (Å²) >= 11 is 4.82. The van der Waals surface area contributed by atoms with Gasteiger partial charge in [0.25, 0.3) is 5.56 Å². The number of nitrogens with two attached hydrogens (primary N) is 1. The number of nitrogens with one attached hydrogen (secondary N) is 1. The average molecular weight is 302 g/mol. The number of rotatable bonds is 5. The maximum absolute atomic E-state index is 11.9. The van der Waals surface area contributed by atoms with E-state index in [1.165, 1.54) is 0 Å². The summed E-state index contributed by atoms with van der Waals surface area (Å²) < 4.78 is 5.63. The van der Waals surface area contributed by atoms with Crippen LogP contribution in [0, 0.1) is 5.92 Å². The Morgan fingerprint density at radius 1 is 1.24 bits per heavy atom. The molecule has 0 aliphatic carbocycles. The van der Waals surface area contributed by atoms with Crippen molar-refractivity contribution in [3.63, 3.8) is 0 Å². The molecule has 4 nitrogen and oxygen atoms in total. The third-order valence-corrected chi connectivity index (χ3v) is 3.14. The molecule has 0 saturated heterocycles. The van der Waals surface area contributed by atoms with Gasteiger partial charge in [-0.2, -0.15) is 0 Å². The Balaban J connectivity index is 2.21. The van der Waals surface area contributed by atoms with Gasteiger partial charge in [-0.3, -0.25) is 4.79 Å². The lowest BCUT2D eigenvalue weighted by atomic mass is 10.1. The van der Waals surface area contributed by atoms with Crippen LogP contribution >= 0.6 is 12.2 Å². The number of aromatic nitrogens is 1. The molecule has 5 heteroatoms. The van der Waals surface area contributed by atoms with Gasteiger partial charge in [0.2, 0.25) is 0 Å². The highest BCUT2D eigenvalue weighted by atomic mass is 32.1. The second-order valence-electron chi connectivity index (χ2n) is 5.21. The van der Waals surface area contributed by atoms with Crippen molar-refractivity contribution >= 4 is 17.2 Å². The van der Waals surface area contributed by atoms with E-state index in [9.17, 15) is 4.79 Å². The van der Waals surface area contributed by atoms with E-state index in [1.807, 2.05) is 24.3 Å². The normalized spacial score (nSPS) is 10.6. The Labute approximate surface area is 129 Å². The highest BCUT2D eigenvalue weighted by Crippen LogP contribution is 2.20. The van der Waals surface area contributed by atoms with Crippen LogP contribution in [0.5, 0.6) is 5.75 Å². The Morgan fingerprint density at radius 3 is 2.43 bits per heavy atom. The number of pyridine rings is 1. The molecule has 2 aromatic rings. The molecule has 0 aliphatic heterocycles. The standard InChI is InChI=1S/C16H18N2O2S/c1-10(2)9-20-12-5-3-11(4-6-12)14-8-7-13(15(17)21)16(19)18-14/h3-8,10H,9H2,1-2H3,(H2,17,21)(H,18,19). The molecule has 0 fully saturated rings. The van der Waals surface area contributed by atoms with Crippen LogP contribution in [0.1, 0.15) is 19.4 Å². The van der Waals surface area contributed by atoms with Gasteiger partial charge >= 0.3 is 0 Å². The Morgan fingerprint density at radius 2 is 1.90 bits per heavy atom. The minimum Gasteiger partial charge on any atom is -0.493 e. The summed E-state index contributed by atoms with van der Waals surface area (Å²) in [4.78, 5) is 14.7. The minimum absolute atomic E-state index is 0.0974. The third-order valence-electron chi connectivity index (χ3n) is 2.92. The molecule has 0 radical (unpaired) electrons. The highest BCUT2D eigenvalue weighted by molar-refractivity contribution is 7.80. The van der Waals surface area contributed by atoms with Crippen molar-refractivity contribution in [3.8, 4) is 17.0 Å². The van der Waals surface area contributed by atoms with Crippen LogP contribution in [0.15, 0.2) is 41.2 Å². The molecule has 2 rings (SSSR count). The summed E-state index contributed by atoms with van der Waals surface area (Å²) in [7, 11) is 0. The van der Waals surface area contributed by atoms with E-state index >= 15 is 0 Å². The van der Waals surface area contributed by atoms with Crippen LogP contribution in [0.2, 0.25) is 0 Å². The number of H-pyrrole nitrogens is 1. The van der Waals surface area contributed by atoms with Gasteiger partial charge in [-0.1, -0.05) is 26.1 Å². The highest BCUT2D eigenvalue weighted by Gasteiger charge is 2.05. The first-order valence-electron chi connectivity index (χ1n) is 6.73. The lowest BCUT2D eigenvalue weighted by Crippen LogP contribution is -2.22. The average Bonchev–Trinajstić information content (AvgIpc) is 2.45. The smallest absolute Gasteiger partial charge is 0.258 e. The Kier molecular flexibility index (Phi) is 4.75. The Bertz CT molecular complexity index is 690. The van der Waals surface area contributed by atoms with E-state index in [-0.39, 0.29) is 10.5 Å². The maximum atomic E-state index is 11.9. The predicted molar refractivity (Wildman–Crippen MR) is 88.7 cm³/mol. The van der Waals surface area contributed by atoms with Gasteiger partial charge in [0, 0.05) is 5.69 Å². The summed E-state index contributed by atoms with van der Waals surface area (Å²) in [6, 6.07) is 11.0. The van der Waals surface area contributed by atoms with Gasteiger partial charge in [0.15, 0.2) is 0 Å². The lowest BCUT2D eigenvalue weighted by molar-refractivity contribution is 0.271. The predicted octanol–water partition coefficient (Wildman–Crippen LogP) is 2.71. The molecule has 0 bridgehead atoms. The van der Waals surface area contributed by atoms with Gasteiger partial charge < -0.3 is 15.5 Å². The maximum Gasteiger partial charge on any atom is 0.258 e. The Hall–Kier alpha value is -2.14. The second-order valence-corrected chi connectivity index (χ2v) is 5.65. The van der Waals surface area contributed by atoms with Gasteiger partial charge in [0.1, 0.15) is 10.7 Å². The summed E-state index contributed by atoms with van der Waals surface area (Å²) in [5.41, 5.74) is 7.14. The van der Waals surface area contributed by atoms with Crippen LogP contribution in [0.3, 0.4) is 0 Å². The zero-order valence-corrected chi connectivity index (χ0v) is 12.9. The molecular formula is C16H18N2O2S. The number of thiocarbonyl (C=S) groups is 1. The molecule has 0 spiro atoms. The van der Waals surface area contributed by atoms with Crippen LogP contribution in [-0.2, 0) is 0 Å². The van der Waals surface area contributed by atoms with Crippen molar-refractivity contribution in [3.05, 3.63) is 52.3 Å². The topological polar surface area (TPSA) is 68.1 Å². The number of ether oxygens (including phenoxy) is 1. The van der Waals surface area contributed by atoms with E-state index < -0.39 is 0 Å². The largest absolute Gasteiger partial charge is 0.493 e. The zero-order valence-electron chi connectivity index (χ0n) is 12.1. The van der Waals surface area contributed by atoms with Crippen LogP contribution in [-0.4, -0.2) is 16.6 Å². The molecule has 21 heavy (non-hydrogen) atoms. The third kappa shape index (κ3) is 3.92. The van der Waals surface area contributed by atoms with Crippen molar-refractivity contribution in [2.75, 3.05) is 6.61 Å². The van der Waals surface area contributed by atoms with E-state index in [2.05, 4.69) is 18.8 Å². The van der Waals surface area contributed by atoms with Crippen molar-refractivity contribution in [2.45, 2.75) is 13.8 Å². The molecule has 0 saturated carbocycles. The molecule has 0 aliphatic rings. The zero-order chi connectivity index (χ0) is 15.4. The fourth-order valence-electron chi connectivity index (χ4n) is 1.83. The van der Waals surface area contributed by atoms with Gasteiger partial charge in [-0.15, -0.1) is 0 Å². The summed E-state index contributed by atoms with van der Waals surface area (Å²) in [5.74, 6) is 1.29. The first-order chi connectivity index (χ1) is 9.97. The van der Waals surface area contributed by atoms with Crippen LogP contribution in [0.4, 0.5) is 0 Å². The van der Waals surface area contributed by atoms with Crippen molar-refractivity contribution in [1.29, 1.82) is 0 Å². The van der Waals surface area contributed by atoms with E-state index in [1.54, 1.807) is 12.1 Å². The molecule has 0 unspecified atom stereocenters. The first kappa shape index (κ1) is 15.3. The molecule has 0 atom stereocenters. The number of hydrogen-bond acceptors (Lipinski definition) is 3. The SMILES string of the molecule is CC(C)COc1ccc(-c2ccc(C(N)=S)c(=O)[nH]2)cc1. The molecule has 3 N–H and O–H groups in total. The van der Waals surface area contributed by atoms with Crippen molar-refractivity contribution in [1.82, 2.24) is 4.98 Å². The molecule has 110 valence electrons. The second kappa shape index (κ2) is 6.54. The summed E-state index contributed by atoms with van der Waals surface area (Å²) in [5, 5.41) is 0.